The van der Waals surface area contributed by atoms with Crippen molar-refractivity contribution in [3.63, 3.8) is 0 Å². The number of hydrogen-bond acceptors (Lipinski definition) is 5. The van der Waals surface area contributed by atoms with Crippen molar-refractivity contribution in [1.82, 2.24) is 9.13 Å². The smallest absolute Gasteiger partial charge is 0.332 e. The second-order valence-electron chi connectivity index (χ2n) is 6.12. The Bertz CT molecular complexity index is 1140. The maximum Gasteiger partial charge on any atom is 0.332 e. The van der Waals surface area contributed by atoms with Gasteiger partial charge in [0.2, 0.25) is 0 Å². The molecule has 2 aromatic carbocycles. The van der Waals surface area contributed by atoms with Crippen LogP contribution in [0.5, 0.6) is 0 Å². The van der Waals surface area contributed by atoms with Crippen LogP contribution in [0.25, 0.3) is 0 Å². The summed E-state index contributed by atoms with van der Waals surface area (Å²) in [6.45, 7) is 0.125. The first kappa shape index (κ1) is 19.6. The third kappa shape index (κ3) is 3.91. The molecule has 0 saturated carbocycles. The summed E-state index contributed by atoms with van der Waals surface area (Å²) in [5.74, 6) is -1.37. The summed E-state index contributed by atoms with van der Waals surface area (Å²) < 4.78 is 15.8. The van der Waals surface area contributed by atoms with Crippen LogP contribution in [0.3, 0.4) is 0 Å². The van der Waals surface area contributed by atoms with E-state index in [1.807, 2.05) is 30.3 Å². The van der Waals surface area contributed by atoms with Crippen molar-refractivity contribution in [2.24, 2.45) is 7.05 Å². The molecule has 8 heteroatoms. The summed E-state index contributed by atoms with van der Waals surface area (Å²) >= 11 is 0.972. The molecule has 0 unspecified atom stereocenters. The second kappa shape index (κ2) is 8.26. The molecule has 0 atom stereocenters. The second-order valence-corrected chi connectivity index (χ2v) is 7.14. The van der Waals surface area contributed by atoms with Gasteiger partial charge in [-0.3, -0.25) is 18.7 Å². The zero-order chi connectivity index (χ0) is 20.3. The first-order chi connectivity index (χ1) is 13.4. The predicted octanol–water partition coefficient (Wildman–Crippen LogP) is 2.29. The molecule has 1 heterocycles. The SMILES string of the molecule is Cn1c(=O)c(C(=O)CSc2ccccc2F)c(N)n(Cc2ccccc2)c1=O. The first-order valence-electron chi connectivity index (χ1n) is 8.44. The predicted molar refractivity (Wildman–Crippen MR) is 107 cm³/mol. The van der Waals surface area contributed by atoms with E-state index in [4.69, 9.17) is 5.73 Å². The maximum atomic E-state index is 13.8. The number of carbonyl (C=O) groups is 1. The van der Waals surface area contributed by atoms with Crippen LogP contribution in [0, 0.1) is 5.82 Å². The maximum absolute atomic E-state index is 13.8. The largest absolute Gasteiger partial charge is 0.384 e. The highest BCUT2D eigenvalue weighted by molar-refractivity contribution is 8.00. The lowest BCUT2D eigenvalue weighted by Gasteiger charge is -2.14. The molecule has 0 spiro atoms. The Balaban J connectivity index is 1.96. The summed E-state index contributed by atoms with van der Waals surface area (Å²) in [5.41, 5.74) is 5.22. The normalized spacial score (nSPS) is 10.8. The van der Waals surface area contributed by atoms with E-state index in [1.54, 1.807) is 18.2 Å². The number of nitrogens with two attached hydrogens (primary N) is 1. The van der Waals surface area contributed by atoms with Gasteiger partial charge in [0.25, 0.3) is 5.56 Å². The van der Waals surface area contributed by atoms with E-state index in [9.17, 15) is 18.8 Å². The molecule has 3 aromatic rings. The topological polar surface area (TPSA) is 87.1 Å². The Morgan fingerprint density at radius 2 is 1.71 bits per heavy atom. The van der Waals surface area contributed by atoms with Crippen LogP contribution in [-0.4, -0.2) is 20.7 Å². The van der Waals surface area contributed by atoms with Gasteiger partial charge in [-0.1, -0.05) is 42.5 Å². The number of thioether (sulfide) groups is 1. The van der Waals surface area contributed by atoms with Crippen molar-refractivity contribution in [1.29, 1.82) is 0 Å². The standard InChI is InChI=1S/C20H18FN3O3S/c1-23-19(26)17(15(25)12-28-16-10-6-5-9-14(16)21)18(22)24(20(23)27)11-13-7-3-2-4-8-13/h2-10H,11-12,22H2,1H3. The first-order valence-corrected chi connectivity index (χ1v) is 9.42. The van der Waals surface area contributed by atoms with Gasteiger partial charge in [-0.15, -0.1) is 11.8 Å². The van der Waals surface area contributed by atoms with Gasteiger partial charge in [0.1, 0.15) is 17.2 Å². The third-order valence-electron chi connectivity index (χ3n) is 4.24. The summed E-state index contributed by atoms with van der Waals surface area (Å²) in [6.07, 6.45) is 0. The van der Waals surface area contributed by atoms with Crippen molar-refractivity contribution in [2.45, 2.75) is 11.4 Å². The number of nitrogen functional groups attached to an aromatic ring is 1. The quantitative estimate of drug-likeness (QED) is 0.508. The van der Waals surface area contributed by atoms with E-state index in [0.29, 0.717) is 4.90 Å². The number of nitrogens with zero attached hydrogens (tertiary/aromatic N) is 2. The number of anilines is 1. The average Bonchev–Trinajstić information content (AvgIpc) is 2.70. The highest BCUT2D eigenvalue weighted by Gasteiger charge is 2.22. The van der Waals surface area contributed by atoms with Gasteiger partial charge in [-0.25, -0.2) is 9.18 Å². The molecule has 6 nitrogen and oxygen atoms in total. The van der Waals surface area contributed by atoms with Gasteiger partial charge in [0.05, 0.1) is 12.3 Å². The lowest BCUT2D eigenvalue weighted by atomic mass is 10.2. The Morgan fingerprint density at radius 1 is 1.07 bits per heavy atom. The summed E-state index contributed by atoms with van der Waals surface area (Å²) in [7, 11) is 1.30. The van der Waals surface area contributed by atoms with E-state index < -0.39 is 22.8 Å². The van der Waals surface area contributed by atoms with Crippen molar-refractivity contribution in [2.75, 3.05) is 11.5 Å². The van der Waals surface area contributed by atoms with Crippen LogP contribution in [0.1, 0.15) is 15.9 Å². The molecule has 0 amide bonds. The van der Waals surface area contributed by atoms with Crippen molar-refractivity contribution in [3.05, 3.63) is 92.4 Å². The van der Waals surface area contributed by atoms with Crippen LogP contribution >= 0.6 is 11.8 Å². The zero-order valence-corrected chi connectivity index (χ0v) is 15.9. The van der Waals surface area contributed by atoms with Crippen LogP contribution in [0.4, 0.5) is 10.2 Å². The van der Waals surface area contributed by atoms with Crippen LogP contribution in [-0.2, 0) is 13.6 Å². The molecule has 2 N–H and O–H groups in total. The number of rotatable bonds is 6. The molecule has 1 aromatic heterocycles. The van der Waals surface area contributed by atoms with Crippen molar-refractivity contribution >= 4 is 23.4 Å². The van der Waals surface area contributed by atoms with Gasteiger partial charge in [-0.05, 0) is 17.7 Å². The van der Waals surface area contributed by atoms with Crippen molar-refractivity contribution in [3.8, 4) is 0 Å². The molecular weight excluding hydrogens is 381 g/mol. The summed E-state index contributed by atoms with van der Waals surface area (Å²) in [6, 6.07) is 15.1. The average molecular weight is 399 g/mol. The molecule has 144 valence electrons. The summed E-state index contributed by atoms with van der Waals surface area (Å²) in [4.78, 5) is 38.0. The Kier molecular flexibility index (Phi) is 5.79. The van der Waals surface area contributed by atoms with Crippen molar-refractivity contribution < 1.29 is 9.18 Å². The highest BCUT2D eigenvalue weighted by atomic mass is 32.2. The lowest BCUT2D eigenvalue weighted by Crippen LogP contribution is -2.43. The lowest BCUT2D eigenvalue weighted by molar-refractivity contribution is 0.102. The number of benzene rings is 2. The molecule has 0 saturated heterocycles. The molecule has 0 radical (unpaired) electrons. The minimum atomic E-state index is -0.758. The number of Topliss-reactive ketones (excluding diaryl/α,β-unsaturated/α-hetero) is 1. The number of carbonyl (C=O) groups excluding carboxylic acids is 1. The number of aromatic nitrogens is 2. The monoisotopic (exact) mass is 399 g/mol. The molecule has 28 heavy (non-hydrogen) atoms. The van der Waals surface area contributed by atoms with Gasteiger partial charge in [0, 0.05) is 11.9 Å². The van der Waals surface area contributed by atoms with Crippen LogP contribution < -0.4 is 17.0 Å². The fraction of sp³-hybridized carbons (Fsp3) is 0.150. The van der Waals surface area contributed by atoms with Crippen LogP contribution in [0.15, 0.2) is 69.1 Å². The van der Waals surface area contributed by atoms with Gasteiger partial charge >= 0.3 is 5.69 Å². The Morgan fingerprint density at radius 3 is 2.39 bits per heavy atom. The van der Waals surface area contributed by atoms with Crippen LogP contribution in [0.2, 0.25) is 0 Å². The fourth-order valence-electron chi connectivity index (χ4n) is 2.74. The van der Waals surface area contributed by atoms with E-state index in [-0.39, 0.29) is 23.7 Å². The molecule has 0 aliphatic rings. The minimum Gasteiger partial charge on any atom is -0.384 e. The zero-order valence-electron chi connectivity index (χ0n) is 15.1. The van der Waals surface area contributed by atoms with E-state index >= 15 is 0 Å². The number of hydrogen-bond donors (Lipinski definition) is 1. The van der Waals surface area contributed by atoms with Gasteiger partial charge in [0.15, 0.2) is 5.78 Å². The van der Waals surface area contributed by atoms with E-state index in [2.05, 4.69) is 0 Å². The van der Waals surface area contributed by atoms with E-state index in [1.165, 1.54) is 17.7 Å². The highest BCUT2D eigenvalue weighted by Crippen LogP contribution is 2.22. The molecule has 3 rings (SSSR count). The number of ketones is 1. The molecule has 0 fully saturated rings. The fourth-order valence-corrected chi connectivity index (χ4v) is 3.55. The van der Waals surface area contributed by atoms with Gasteiger partial charge < -0.3 is 5.73 Å². The van der Waals surface area contributed by atoms with E-state index in [0.717, 1.165) is 21.9 Å². The molecule has 0 bridgehead atoms. The Hall–Kier alpha value is -3.13. The Labute approximate surface area is 164 Å². The minimum absolute atomic E-state index is 0.125. The third-order valence-corrected chi connectivity index (χ3v) is 5.29. The van der Waals surface area contributed by atoms with Gasteiger partial charge in [-0.2, -0.15) is 0 Å². The summed E-state index contributed by atoms with van der Waals surface area (Å²) in [5, 5.41) is 0. The molecule has 0 aliphatic carbocycles. The molecular formula is C20H18FN3O3S. The molecule has 0 aliphatic heterocycles. The number of halogens is 1.